The molecule has 0 aliphatic rings. The van der Waals surface area contributed by atoms with E-state index in [9.17, 15) is 0 Å². The van der Waals surface area contributed by atoms with Crippen molar-refractivity contribution in [1.82, 2.24) is 0 Å². The van der Waals surface area contributed by atoms with Crippen LogP contribution in [0.3, 0.4) is 0 Å². The smallest absolute Gasteiger partial charge is 0.0624 e. The second kappa shape index (κ2) is 4.41. The Hall–Kier alpha value is -0.100. The van der Waals surface area contributed by atoms with Crippen LogP contribution in [-0.4, -0.2) is 11.7 Å². The van der Waals surface area contributed by atoms with Crippen molar-refractivity contribution in [3.63, 3.8) is 0 Å². The number of aliphatic hydroxyl groups excluding tert-OH is 1. The minimum Gasteiger partial charge on any atom is -0.397 e. The topological polar surface area (TPSA) is 72.3 Å². The van der Waals surface area contributed by atoms with E-state index >= 15 is 0 Å². The van der Waals surface area contributed by atoms with Crippen molar-refractivity contribution in [3.8, 4) is 0 Å². The van der Waals surface area contributed by atoms with Gasteiger partial charge in [-0.25, -0.2) is 0 Å². The number of halogens is 2. The lowest BCUT2D eigenvalue weighted by atomic mass is 10.1. The third-order valence-electron chi connectivity index (χ3n) is 1.73. The predicted molar refractivity (Wildman–Crippen MR) is 60.3 cm³/mol. The minimum atomic E-state index is -0.367. The first-order chi connectivity index (χ1) is 6.06. The van der Waals surface area contributed by atoms with Crippen LogP contribution in [0.15, 0.2) is 21.1 Å². The van der Waals surface area contributed by atoms with Crippen molar-refractivity contribution in [1.29, 1.82) is 0 Å². The average Bonchev–Trinajstić information content (AvgIpc) is 2.12. The quantitative estimate of drug-likeness (QED) is 0.729. The summed E-state index contributed by atoms with van der Waals surface area (Å²) in [4.78, 5) is 0. The fraction of sp³-hybridized carbons (Fsp3) is 0.250. The lowest BCUT2D eigenvalue weighted by Gasteiger charge is -2.11. The van der Waals surface area contributed by atoms with Gasteiger partial charge in [0.15, 0.2) is 0 Å². The Balaban J connectivity index is 3.13. The summed E-state index contributed by atoms with van der Waals surface area (Å²) in [7, 11) is 0. The third-order valence-corrected chi connectivity index (χ3v) is 3.04. The Morgan fingerprint density at radius 1 is 1.31 bits per heavy atom. The van der Waals surface area contributed by atoms with Crippen LogP contribution in [0, 0.1) is 0 Å². The van der Waals surface area contributed by atoms with E-state index < -0.39 is 0 Å². The molecule has 13 heavy (non-hydrogen) atoms. The summed E-state index contributed by atoms with van der Waals surface area (Å²) in [6.07, 6.45) is 0. The maximum absolute atomic E-state index is 8.85. The van der Waals surface area contributed by atoms with Gasteiger partial charge in [-0.2, -0.15) is 0 Å². The molecule has 0 heterocycles. The maximum atomic E-state index is 8.85. The van der Waals surface area contributed by atoms with Crippen LogP contribution in [0.25, 0.3) is 0 Å². The van der Waals surface area contributed by atoms with Crippen LogP contribution < -0.4 is 11.5 Å². The number of benzene rings is 1. The van der Waals surface area contributed by atoms with Crippen LogP contribution >= 0.6 is 31.9 Å². The zero-order valence-electron chi connectivity index (χ0n) is 6.80. The van der Waals surface area contributed by atoms with Crippen LogP contribution in [0.2, 0.25) is 0 Å². The van der Waals surface area contributed by atoms with Crippen molar-refractivity contribution < 1.29 is 5.11 Å². The maximum Gasteiger partial charge on any atom is 0.0624 e. The minimum absolute atomic E-state index is 0.0806. The molecule has 1 aromatic rings. The fourth-order valence-corrected chi connectivity index (χ4v) is 2.15. The molecular weight excluding hydrogens is 300 g/mol. The number of anilines is 1. The Morgan fingerprint density at radius 3 is 2.15 bits per heavy atom. The molecule has 0 fully saturated rings. The first kappa shape index (κ1) is 11.0. The van der Waals surface area contributed by atoms with Crippen molar-refractivity contribution in [2.45, 2.75) is 6.04 Å². The molecule has 0 aliphatic carbocycles. The van der Waals surface area contributed by atoms with E-state index in [-0.39, 0.29) is 12.6 Å². The summed E-state index contributed by atoms with van der Waals surface area (Å²) >= 11 is 6.60. The molecule has 0 spiro atoms. The van der Waals surface area contributed by atoms with Crippen LogP contribution in [0.1, 0.15) is 11.6 Å². The molecule has 0 saturated carbocycles. The number of aliphatic hydroxyl groups is 1. The van der Waals surface area contributed by atoms with E-state index in [0.29, 0.717) is 5.69 Å². The molecule has 5 heteroatoms. The van der Waals surface area contributed by atoms with Gasteiger partial charge in [0, 0.05) is 8.95 Å². The van der Waals surface area contributed by atoms with Gasteiger partial charge < -0.3 is 16.6 Å². The van der Waals surface area contributed by atoms with Gasteiger partial charge in [0.05, 0.1) is 18.3 Å². The summed E-state index contributed by atoms with van der Waals surface area (Å²) in [5, 5.41) is 8.85. The highest BCUT2D eigenvalue weighted by Gasteiger charge is 2.09. The zero-order valence-corrected chi connectivity index (χ0v) is 9.97. The number of nitrogens with two attached hydrogens (primary N) is 2. The molecular formula is C8H10Br2N2O. The molecule has 0 aromatic heterocycles. The highest BCUT2D eigenvalue weighted by Crippen LogP contribution is 2.31. The summed E-state index contributed by atoms with van der Waals surface area (Å²) in [5.74, 6) is 0. The van der Waals surface area contributed by atoms with E-state index in [1.165, 1.54) is 0 Å². The Bertz CT molecular complexity index is 294. The van der Waals surface area contributed by atoms with Gasteiger partial charge in [-0.1, -0.05) is 0 Å². The van der Waals surface area contributed by atoms with Crippen LogP contribution in [0.5, 0.6) is 0 Å². The average molecular weight is 310 g/mol. The largest absolute Gasteiger partial charge is 0.397 e. The summed E-state index contributed by atoms with van der Waals surface area (Å²) in [5.41, 5.74) is 12.8. The SMILES string of the molecule is Nc1c(Br)cc(C(N)CO)cc1Br. The molecule has 0 aliphatic heterocycles. The first-order valence-corrected chi connectivity index (χ1v) is 5.25. The molecule has 3 nitrogen and oxygen atoms in total. The lowest BCUT2D eigenvalue weighted by Crippen LogP contribution is -2.14. The van der Waals surface area contributed by atoms with Crippen LogP contribution in [-0.2, 0) is 0 Å². The monoisotopic (exact) mass is 308 g/mol. The third kappa shape index (κ3) is 2.43. The Kier molecular flexibility index (Phi) is 3.73. The molecule has 0 amide bonds. The van der Waals surface area contributed by atoms with E-state index in [0.717, 1.165) is 14.5 Å². The van der Waals surface area contributed by atoms with E-state index in [4.69, 9.17) is 16.6 Å². The number of rotatable bonds is 2. The number of nitrogen functional groups attached to an aromatic ring is 1. The molecule has 1 aromatic carbocycles. The van der Waals surface area contributed by atoms with Gasteiger partial charge in [-0.05, 0) is 49.6 Å². The summed E-state index contributed by atoms with van der Waals surface area (Å²) in [6, 6.07) is 3.25. The van der Waals surface area contributed by atoms with Gasteiger partial charge in [-0.3, -0.25) is 0 Å². The van der Waals surface area contributed by atoms with Gasteiger partial charge in [0.2, 0.25) is 0 Å². The van der Waals surface area contributed by atoms with E-state index in [2.05, 4.69) is 31.9 Å². The Labute approximate surface area is 93.4 Å². The zero-order chi connectivity index (χ0) is 10.0. The molecule has 72 valence electrons. The second-order valence-corrected chi connectivity index (χ2v) is 4.40. The molecule has 0 saturated heterocycles. The lowest BCUT2D eigenvalue weighted by molar-refractivity contribution is 0.268. The molecule has 0 bridgehead atoms. The highest BCUT2D eigenvalue weighted by atomic mass is 79.9. The number of hydrogen-bond donors (Lipinski definition) is 3. The van der Waals surface area contributed by atoms with Gasteiger partial charge in [0.25, 0.3) is 0 Å². The van der Waals surface area contributed by atoms with E-state index in [1.54, 1.807) is 12.1 Å². The molecule has 1 rings (SSSR count). The fourth-order valence-electron chi connectivity index (χ4n) is 0.923. The van der Waals surface area contributed by atoms with E-state index in [1.807, 2.05) is 0 Å². The van der Waals surface area contributed by atoms with Crippen molar-refractivity contribution in [3.05, 3.63) is 26.6 Å². The highest BCUT2D eigenvalue weighted by molar-refractivity contribution is 9.11. The normalized spacial score (nSPS) is 12.9. The Morgan fingerprint density at radius 2 is 1.77 bits per heavy atom. The van der Waals surface area contributed by atoms with Gasteiger partial charge >= 0.3 is 0 Å². The number of hydrogen-bond acceptors (Lipinski definition) is 3. The summed E-state index contributed by atoms with van der Waals surface area (Å²) < 4.78 is 1.56. The predicted octanol–water partition coefficient (Wildman–Crippen LogP) is 1.79. The molecule has 1 unspecified atom stereocenters. The second-order valence-electron chi connectivity index (χ2n) is 2.69. The van der Waals surface area contributed by atoms with Crippen molar-refractivity contribution in [2.75, 3.05) is 12.3 Å². The van der Waals surface area contributed by atoms with Gasteiger partial charge in [-0.15, -0.1) is 0 Å². The molecule has 0 radical (unpaired) electrons. The van der Waals surface area contributed by atoms with Crippen molar-refractivity contribution in [2.24, 2.45) is 5.73 Å². The van der Waals surface area contributed by atoms with Gasteiger partial charge in [0.1, 0.15) is 0 Å². The van der Waals surface area contributed by atoms with Crippen molar-refractivity contribution >= 4 is 37.5 Å². The standard InChI is InChI=1S/C8H10Br2N2O/c9-5-1-4(7(11)3-13)2-6(10)8(5)12/h1-2,7,13H,3,11-12H2. The first-order valence-electron chi connectivity index (χ1n) is 3.67. The van der Waals surface area contributed by atoms with Crippen LogP contribution in [0.4, 0.5) is 5.69 Å². The molecule has 5 N–H and O–H groups in total. The summed E-state index contributed by atoms with van der Waals surface area (Å²) in [6.45, 7) is -0.0806. The molecule has 1 atom stereocenters.